The van der Waals surface area contributed by atoms with Crippen molar-refractivity contribution in [2.24, 2.45) is 7.05 Å². The van der Waals surface area contributed by atoms with Gasteiger partial charge in [0.15, 0.2) is 6.23 Å². The first-order valence-corrected chi connectivity index (χ1v) is 20.0. The van der Waals surface area contributed by atoms with Crippen LogP contribution in [-0.4, -0.2) is 107 Å². The highest BCUT2D eigenvalue weighted by Crippen LogP contribution is 2.49. The Morgan fingerprint density at radius 3 is 2.50 bits per heavy atom. The number of carbonyl (C=O) groups is 3. The number of aryl methyl sites for hydroxylation is 2. The molecule has 6 rings (SSSR count). The zero-order valence-electron chi connectivity index (χ0n) is 32.2. The number of aliphatic hydroxyl groups is 2. The molecule has 0 bridgehead atoms. The van der Waals surface area contributed by atoms with Crippen molar-refractivity contribution >= 4 is 31.5 Å². The first-order chi connectivity index (χ1) is 28.6. The summed E-state index contributed by atoms with van der Waals surface area (Å²) >= 11 is 0. The number of nitrogens with zero attached hydrogens (tertiary/aromatic N) is 5. The van der Waals surface area contributed by atoms with E-state index < -0.39 is 105 Å². The molecule has 8 atom stereocenters. The average molecular weight is 861 g/mol. The highest BCUT2D eigenvalue weighted by Gasteiger charge is 2.49. The summed E-state index contributed by atoms with van der Waals surface area (Å²) in [7, 11) is -3.37. The molecule has 2 aliphatic heterocycles. The number of carbonyl (C=O) groups excluding carboxylic acids is 3. The molecule has 1 amide bonds. The molecule has 2 aliphatic rings. The zero-order valence-corrected chi connectivity index (χ0v) is 33.1. The minimum atomic E-state index is -5.20. The quantitative estimate of drug-likeness (QED) is 0.0481. The number of aromatic nitrogens is 6. The Balaban J connectivity index is 1.08. The van der Waals surface area contributed by atoms with Crippen LogP contribution in [0.2, 0.25) is 0 Å². The lowest BCUT2D eigenvalue weighted by molar-refractivity contribution is -0.671. The van der Waals surface area contributed by atoms with Gasteiger partial charge in [-0.3, -0.25) is 42.3 Å². The Kier molecular flexibility index (Phi) is 14.0. The Morgan fingerprint density at radius 2 is 1.80 bits per heavy atom. The van der Waals surface area contributed by atoms with E-state index in [0.29, 0.717) is 12.1 Å². The summed E-state index contributed by atoms with van der Waals surface area (Å²) in [5, 5.41) is 23.6. The Morgan fingerprint density at radius 1 is 1.05 bits per heavy atom. The molecule has 322 valence electrons. The predicted molar refractivity (Wildman–Crippen MR) is 201 cm³/mol. The third-order valence-corrected chi connectivity index (χ3v) is 10.4. The van der Waals surface area contributed by atoms with Crippen molar-refractivity contribution in [1.82, 2.24) is 23.7 Å². The molecule has 2 saturated heterocycles. The van der Waals surface area contributed by atoms with Crippen LogP contribution < -0.4 is 26.8 Å². The normalized spacial score (nSPS) is 23.5. The highest BCUT2D eigenvalue weighted by molar-refractivity contribution is 7.47. The third-order valence-electron chi connectivity index (χ3n) is 9.42. The number of aromatic amines is 1. The van der Waals surface area contributed by atoms with E-state index in [2.05, 4.69) is 15.3 Å². The van der Waals surface area contributed by atoms with Gasteiger partial charge in [0.05, 0.1) is 33.1 Å². The number of phosphoric ester groups is 1. The Hall–Kier alpha value is -5.65. The van der Waals surface area contributed by atoms with Crippen LogP contribution in [0.5, 0.6) is 0 Å². The molecule has 3 aromatic heterocycles. The van der Waals surface area contributed by atoms with Crippen molar-refractivity contribution in [3.8, 4) is 0 Å². The van der Waals surface area contributed by atoms with Gasteiger partial charge < -0.3 is 39.4 Å². The monoisotopic (exact) mass is 860 g/mol. The fraction of sp³-hybridized carbons (Fsp3) is 0.444. The van der Waals surface area contributed by atoms with Gasteiger partial charge in [-0.25, -0.2) is 23.3 Å². The SMILES string of the molecule is Cc1cn([C@H]2C[C@H](OC(=O)CCC(=O)OCCn3cc[n+](C)c3)[C@@H](COP(=O)(O)O[C@H]3[C@@H](O)[C@H](n4ccc(NC(=O)c5ccccc5)nc4=O)O[C@@H]3CO)O2)c(=O)[nH]c1=O. The van der Waals surface area contributed by atoms with Crippen LogP contribution in [0.3, 0.4) is 0 Å². The zero-order chi connectivity index (χ0) is 43.1. The minimum Gasteiger partial charge on any atom is -0.461 e. The Bertz CT molecular complexity index is 2400. The predicted octanol–water partition coefficient (Wildman–Crippen LogP) is -1.04. The summed E-state index contributed by atoms with van der Waals surface area (Å²) in [6.45, 7) is 0.246. The van der Waals surface area contributed by atoms with Crippen molar-refractivity contribution < 1.29 is 66.6 Å². The molecular weight excluding hydrogens is 817 g/mol. The average Bonchev–Trinajstić information content (AvgIpc) is 3.91. The van der Waals surface area contributed by atoms with Gasteiger partial charge in [0.1, 0.15) is 68.1 Å². The van der Waals surface area contributed by atoms with Crippen LogP contribution in [0.4, 0.5) is 5.82 Å². The number of phosphoric acid groups is 1. The molecule has 0 spiro atoms. The van der Waals surface area contributed by atoms with Gasteiger partial charge in [-0.05, 0) is 25.1 Å². The summed E-state index contributed by atoms with van der Waals surface area (Å²) in [6.07, 6.45) is -3.50. The minimum absolute atomic E-state index is 0.0553. The van der Waals surface area contributed by atoms with Crippen LogP contribution in [0.15, 0.2) is 81.9 Å². The van der Waals surface area contributed by atoms with Crippen LogP contribution in [0.25, 0.3) is 0 Å². The van der Waals surface area contributed by atoms with Crippen molar-refractivity contribution in [1.29, 1.82) is 0 Å². The summed E-state index contributed by atoms with van der Waals surface area (Å²) < 4.78 is 51.5. The second-order valence-electron chi connectivity index (χ2n) is 13.8. The van der Waals surface area contributed by atoms with E-state index in [9.17, 15) is 48.4 Å². The molecule has 23 nitrogen and oxygen atoms in total. The first-order valence-electron chi connectivity index (χ1n) is 18.5. The van der Waals surface area contributed by atoms with Crippen molar-refractivity contribution in [2.45, 2.75) is 75.7 Å². The number of H-pyrrole nitrogens is 1. The van der Waals surface area contributed by atoms with Crippen molar-refractivity contribution in [3.63, 3.8) is 0 Å². The standard InChI is InChI=1S/C36H42N7O16P/c1-21-17-43(36(51)39-32(21)48)27-16-23(57-29(46)9-8-28(45)54-15-14-41-13-12-40(2)20-41)25(56-27)19-55-60(52,53)59-31-24(18-44)58-34(30(31)47)42-11-10-26(38-35(42)50)37-33(49)22-6-4-3-5-7-22/h3-7,10-13,17,20,23-25,27,30-31,34,44,47H,8-9,14-16,18-19H2,1-2H3,(H2-,37,38,39,48,49,50,51,52,53)/p+1/t23-,24+,25+,27+,30+,31+,34+/m0/s1. The lowest BCUT2D eigenvalue weighted by Gasteiger charge is -2.24. The molecule has 1 unspecified atom stereocenters. The highest BCUT2D eigenvalue weighted by atomic mass is 31.2. The number of nitrogens with one attached hydrogen (secondary N) is 2. The van der Waals surface area contributed by atoms with E-state index in [4.69, 9.17) is 28.0 Å². The number of aliphatic hydroxyl groups excluding tert-OH is 2. The number of hydrogen-bond acceptors (Lipinski definition) is 16. The third kappa shape index (κ3) is 10.9. The molecule has 5 heterocycles. The molecule has 4 aromatic rings. The van der Waals surface area contributed by atoms with Crippen LogP contribution in [-0.2, 0) is 55.7 Å². The van der Waals surface area contributed by atoms with E-state index in [1.54, 1.807) is 47.4 Å². The molecule has 2 fully saturated rings. The van der Waals surface area contributed by atoms with Gasteiger partial charge in [-0.1, -0.05) is 18.2 Å². The van der Waals surface area contributed by atoms with E-state index in [1.165, 1.54) is 19.2 Å². The Labute approximate surface area is 339 Å². The maximum Gasteiger partial charge on any atom is 0.472 e. The summed E-state index contributed by atoms with van der Waals surface area (Å²) in [4.78, 5) is 92.0. The van der Waals surface area contributed by atoms with E-state index in [-0.39, 0.29) is 30.8 Å². The fourth-order valence-electron chi connectivity index (χ4n) is 6.38. The van der Waals surface area contributed by atoms with E-state index in [0.717, 1.165) is 15.3 Å². The molecule has 5 N–H and O–H groups in total. The smallest absolute Gasteiger partial charge is 0.461 e. The molecule has 60 heavy (non-hydrogen) atoms. The summed E-state index contributed by atoms with van der Waals surface area (Å²) in [5.41, 5.74) is -2.03. The van der Waals surface area contributed by atoms with Gasteiger partial charge in [-0.2, -0.15) is 4.98 Å². The van der Waals surface area contributed by atoms with Gasteiger partial charge in [0, 0.05) is 29.9 Å². The second-order valence-corrected chi connectivity index (χ2v) is 15.2. The van der Waals surface area contributed by atoms with Gasteiger partial charge in [0.25, 0.3) is 11.5 Å². The fourth-order valence-corrected chi connectivity index (χ4v) is 7.34. The van der Waals surface area contributed by atoms with Crippen LogP contribution in [0, 0.1) is 6.92 Å². The molecular formula is C36H43N7O16P+. The van der Waals surface area contributed by atoms with Crippen LogP contribution in [0.1, 0.15) is 47.6 Å². The molecule has 0 saturated carbocycles. The number of benzene rings is 1. The van der Waals surface area contributed by atoms with Crippen LogP contribution >= 0.6 is 7.82 Å². The summed E-state index contributed by atoms with van der Waals surface area (Å²) in [5.74, 6) is -2.18. The lowest BCUT2D eigenvalue weighted by Crippen LogP contribution is -2.38. The van der Waals surface area contributed by atoms with Crippen molar-refractivity contribution in [2.75, 3.05) is 25.1 Å². The molecule has 24 heteroatoms. The molecule has 0 aliphatic carbocycles. The van der Waals surface area contributed by atoms with Gasteiger partial charge >= 0.3 is 31.1 Å². The largest absolute Gasteiger partial charge is 0.472 e. The van der Waals surface area contributed by atoms with E-state index in [1.807, 2.05) is 17.8 Å². The number of anilines is 1. The van der Waals surface area contributed by atoms with Gasteiger partial charge in [0.2, 0.25) is 6.33 Å². The van der Waals surface area contributed by atoms with Gasteiger partial charge in [-0.15, -0.1) is 0 Å². The number of esters is 2. The maximum absolute atomic E-state index is 13.3. The topological polar surface area (TPSA) is 295 Å². The number of imidazole rings is 1. The molecule has 0 radical (unpaired) electrons. The number of amides is 1. The number of ether oxygens (including phenoxy) is 4. The number of rotatable bonds is 17. The molecule has 1 aromatic carbocycles. The lowest BCUT2D eigenvalue weighted by atomic mass is 10.1. The second kappa shape index (κ2) is 19.2. The summed E-state index contributed by atoms with van der Waals surface area (Å²) in [6, 6.07) is 9.38. The first kappa shape index (κ1) is 43.9. The maximum atomic E-state index is 13.3. The van der Waals surface area contributed by atoms with Crippen molar-refractivity contribution in [3.05, 3.63) is 110 Å². The van der Waals surface area contributed by atoms with E-state index >= 15 is 0 Å². The number of hydrogen-bond donors (Lipinski definition) is 5.